The first kappa shape index (κ1) is 9.04. The van der Waals surface area contributed by atoms with E-state index in [-0.39, 0.29) is 0 Å². The van der Waals surface area contributed by atoms with Crippen molar-refractivity contribution < 1.29 is 0 Å². The molecule has 0 fully saturated rings. The van der Waals surface area contributed by atoms with Crippen LogP contribution in [-0.2, 0) is 0 Å². The summed E-state index contributed by atoms with van der Waals surface area (Å²) < 4.78 is 0. The van der Waals surface area contributed by atoms with E-state index in [0.717, 1.165) is 22.3 Å². The molecule has 1 radical (unpaired) electrons. The fourth-order valence-corrected chi connectivity index (χ4v) is 1.88. The summed E-state index contributed by atoms with van der Waals surface area (Å²) >= 11 is 0. The van der Waals surface area contributed by atoms with E-state index in [2.05, 4.69) is 17.2 Å². The molecule has 0 bridgehead atoms. The average molecular weight is 207 g/mol. The van der Waals surface area contributed by atoms with E-state index >= 15 is 0 Å². The Bertz CT molecular complexity index is 621. The first-order valence-corrected chi connectivity index (χ1v) is 5.19. The van der Waals surface area contributed by atoms with E-state index in [1.807, 2.05) is 42.5 Å². The third kappa shape index (κ3) is 1.36. The standard InChI is InChI=1S/C14H11N2/c15-11-7-5-10(6-8-11)13-9-16-14-4-2-1-3-12(13)14/h1-8,16H,15H2. The van der Waals surface area contributed by atoms with Crippen molar-refractivity contribution in [1.29, 1.82) is 0 Å². The van der Waals surface area contributed by atoms with Crippen LogP contribution >= 0.6 is 0 Å². The van der Waals surface area contributed by atoms with Crippen LogP contribution in [0.1, 0.15) is 0 Å². The van der Waals surface area contributed by atoms with Crippen LogP contribution in [0.25, 0.3) is 22.0 Å². The Hall–Kier alpha value is -2.22. The molecule has 0 amide bonds. The highest BCUT2D eigenvalue weighted by Gasteiger charge is 2.05. The van der Waals surface area contributed by atoms with Gasteiger partial charge in [0.2, 0.25) is 0 Å². The molecule has 0 spiro atoms. The Morgan fingerprint density at radius 3 is 2.50 bits per heavy atom. The largest absolute Gasteiger partial charge is 0.399 e. The number of para-hydroxylation sites is 1. The Labute approximate surface area is 93.7 Å². The lowest BCUT2D eigenvalue weighted by molar-refractivity contribution is 1.45. The van der Waals surface area contributed by atoms with Gasteiger partial charge >= 0.3 is 0 Å². The topological polar surface area (TPSA) is 41.8 Å². The van der Waals surface area contributed by atoms with Crippen LogP contribution in [0.2, 0.25) is 0 Å². The van der Waals surface area contributed by atoms with Crippen molar-refractivity contribution in [3.8, 4) is 11.1 Å². The molecule has 0 saturated heterocycles. The molecule has 0 aliphatic rings. The van der Waals surface area contributed by atoms with Gasteiger partial charge < -0.3 is 10.7 Å². The van der Waals surface area contributed by atoms with E-state index in [0.29, 0.717) is 0 Å². The van der Waals surface area contributed by atoms with Crippen LogP contribution < -0.4 is 5.73 Å². The van der Waals surface area contributed by atoms with Gasteiger partial charge in [0.25, 0.3) is 0 Å². The predicted octanol–water partition coefficient (Wildman–Crippen LogP) is 3.22. The molecule has 16 heavy (non-hydrogen) atoms. The molecule has 1 heterocycles. The number of hydrogen-bond acceptors (Lipinski definition) is 1. The molecular formula is C14H11N2. The smallest absolute Gasteiger partial charge is 0.0716 e. The highest BCUT2D eigenvalue weighted by molar-refractivity contribution is 5.95. The van der Waals surface area contributed by atoms with E-state index in [9.17, 15) is 0 Å². The quantitative estimate of drug-likeness (QED) is 0.591. The van der Waals surface area contributed by atoms with Crippen LogP contribution in [-0.4, -0.2) is 4.98 Å². The van der Waals surface area contributed by atoms with Crippen molar-refractivity contribution in [2.24, 2.45) is 0 Å². The van der Waals surface area contributed by atoms with Crippen LogP contribution in [0.4, 0.5) is 5.69 Å². The number of anilines is 1. The molecule has 2 aromatic carbocycles. The molecule has 2 nitrogen and oxygen atoms in total. The summed E-state index contributed by atoms with van der Waals surface area (Å²) in [6.45, 7) is 0. The van der Waals surface area contributed by atoms with Gasteiger partial charge in [-0.1, -0.05) is 30.3 Å². The lowest BCUT2D eigenvalue weighted by Crippen LogP contribution is -1.83. The number of aromatic amines is 1. The highest BCUT2D eigenvalue weighted by Crippen LogP contribution is 2.28. The Kier molecular flexibility index (Phi) is 1.93. The lowest BCUT2D eigenvalue weighted by atomic mass is 10.0. The molecule has 0 atom stereocenters. The number of nitrogens with two attached hydrogens (primary N) is 1. The van der Waals surface area contributed by atoms with E-state index < -0.39 is 0 Å². The van der Waals surface area contributed by atoms with Gasteiger partial charge in [0.15, 0.2) is 0 Å². The maximum Gasteiger partial charge on any atom is 0.0716 e. The summed E-state index contributed by atoms with van der Waals surface area (Å²) in [4.78, 5) is 3.15. The molecule has 2 heteroatoms. The third-order valence-corrected chi connectivity index (χ3v) is 2.72. The van der Waals surface area contributed by atoms with Gasteiger partial charge in [-0.2, -0.15) is 0 Å². The summed E-state index contributed by atoms with van der Waals surface area (Å²) in [6.07, 6.45) is 3.18. The summed E-state index contributed by atoms with van der Waals surface area (Å²) in [5.41, 5.74) is 9.79. The van der Waals surface area contributed by atoms with E-state index in [1.165, 1.54) is 5.39 Å². The van der Waals surface area contributed by atoms with E-state index in [1.54, 1.807) is 0 Å². The maximum atomic E-state index is 5.67. The summed E-state index contributed by atoms with van der Waals surface area (Å²) in [6, 6.07) is 16.0. The van der Waals surface area contributed by atoms with Gasteiger partial charge in [-0.25, -0.2) is 0 Å². The molecular weight excluding hydrogens is 196 g/mol. The number of H-pyrrole nitrogens is 1. The van der Waals surface area contributed by atoms with Crippen molar-refractivity contribution in [2.45, 2.75) is 0 Å². The van der Waals surface area contributed by atoms with Crippen molar-refractivity contribution in [3.63, 3.8) is 0 Å². The summed E-state index contributed by atoms with van der Waals surface area (Å²) in [5.74, 6) is 0. The van der Waals surface area contributed by atoms with Gasteiger partial charge in [0.1, 0.15) is 0 Å². The maximum absolute atomic E-state index is 5.67. The molecule has 1 aromatic heterocycles. The molecule has 3 N–H and O–H groups in total. The van der Waals surface area contributed by atoms with Crippen molar-refractivity contribution in [2.75, 3.05) is 5.73 Å². The van der Waals surface area contributed by atoms with Crippen molar-refractivity contribution in [3.05, 3.63) is 54.7 Å². The molecule has 0 saturated carbocycles. The molecule has 3 aromatic rings. The second-order valence-electron chi connectivity index (χ2n) is 3.79. The number of hydrogen-bond donors (Lipinski definition) is 2. The predicted molar refractivity (Wildman–Crippen MR) is 67.0 cm³/mol. The monoisotopic (exact) mass is 207 g/mol. The first-order valence-electron chi connectivity index (χ1n) is 5.19. The second-order valence-corrected chi connectivity index (χ2v) is 3.79. The number of nitrogens with one attached hydrogen (secondary N) is 1. The zero-order valence-electron chi connectivity index (χ0n) is 8.70. The van der Waals surface area contributed by atoms with E-state index in [4.69, 9.17) is 5.73 Å². The minimum absolute atomic E-state index is 0.781. The van der Waals surface area contributed by atoms with Crippen LogP contribution in [0.15, 0.2) is 48.5 Å². The number of benzene rings is 2. The molecule has 0 aliphatic heterocycles. The minimum atomic E-state index is 0.781. The van der Waals surface area contributed by atoms with Crippen molar-refractivity contribution >= 4 is 16.6 Å². The number of aromatic nitrogens is 1. The molecule has 3 rings (SSSR count). The lowest BCUT2D eigenvalue weighted by Gasteiger charge is -1.99. The van der Waals surface area contributed by atoms with Crippen molar-refractivity contribution in [1.82, 2.24) is 4.98 Å². The van der Waals surface area contributed by atoms with Crippen LogP contribution in [0.5, 0.6) is 0 Å². The van der Waals surface area contributed by atoms with Gasteiger partial charge in [0.05, 0.1) is 6.20 Å². The minimum Gasteiger partial charge on any atom is -0.399 e. The Balaban J connectivity index is 2.22. The van der Waals surface area contributed by atoms with Gasteiger partial charge in [0, 0.05) is 22.2 Å². The van der Waals surface area contributed by atoms with Crippen LogP contribution in [0.3, 0.4) is 0 Å². The van der Waals surface area contributed by atoms with Crippen LogP contribution in [0, 0.1) is 6.20 Å². The van der Waals surface area contributed by atoms with Gasteiger partial charge in [-0.05, 0) is 23.8 Å². The molecule has 0 aliphatic carbocycles. The fourth-order valence-electron chi connectivity index (χ4n) is 1.88. The average Bonchev–Trinajstić information content (AvgIpc) is 2.74. The zero-order valence-corrected chi connectivity index (χ0v) is 8.70. The zero-order chi connectivity index (χ0) is 11.0. The summed E-state index contributed by atoms with van der Waals surface area (Å²) in [5, 5.41) is 1.19. The number of fused-ring (bicyclic) bond motifs is 1. The Morgan fingerprint density at radius 2 is 1.69 bits per heavy atom. The van der Waals surface area contributed by atoms with Gasteiger partial charge in [-0.15, -0.1) is 0 Å². The normalized spacial score (nSPS) is 10.8. The van der Waals surface area contributed by atoms with Gasteiger partial charge in [-0.3, -0.25) is 0 Å². The number of nitrogen functional groups attached to an aromatic ring is 1. The highest BCUT2D eigenvalue weighted by atomic mass is 14.7. The first-order chi connectivity index (χ1) is 7.84. The molecule has 77 valence electrons. The number of rotatable bonds is 1. The molecule has 0 unspecified atom stereocenters. The SMILES string of the molecule is Nc1ccc(-c2[c][nH]c3ccccc23)cc1. The third-order valence-electron chi connectivity index (χ3n) is 2.72. The summed E-state index contributed by atoms with van der Waals surface area (Å²) in [7, 11) is 0. The Morgan fingerprint density at radius 1 is 0.938 bits per heavy atom. The second kappa shape index (κ2) is 3.42. The fraction of sp³-hybridized carbons (Fsp3) is 0.